The molecule has 4 nitrogen and oxygen atoms in total. The predicted octanol–water partition coefficient (Wildman–Crippen LogP) is 3.64. The van der Waals surface area contributed by atoms with Crippen LogP contribution in [-0.4, -0.2) is 29.1 Å². The van der Waals surface area contributed by atoms with Gasteiger partial charge >= 0.3 is 0 Å². The monoisotopic (exact) mass is 290 g/mol. The van der Waals surface area contributed by atoms with Gasteiger partial charge in [0.1, 0.15) is 11.9 Å². The number of nitrogens with zero attached hydrogens (tertiary/aromatic N) is 2. The van der Waals surface area contributed by atoms with E-state index >= 15 is 0 Å². The van der Waals surface area contributed by atoms with E-state index < -0.39 is 6.10 Å². The molecule has 1 aromatic heterocycles. The summed E-state index contributed by atoms with van der Waals surface area (Å²) in [5, 5.41) is 18.9. The maximum atomic E-state index is 10.3. The smallest absolute Gasteiger partial charge is 0.132 e. The molecule has 0 aromatic carbocycles. The van der Waals surface area contributed by atoms with Crippen molar-refractivity contribution >= 4 is 0 Å². The fourth-order valence-corrected chi connectivity index (χ4v) is 3.17. The van der Waals surface area contributed by atoms with Crippen molar-refractivity contribution in [1.29, 1.82) is 5.26 Å². The zero-order valence-corrected chi connectivity index (χ0v) is 12.7. The Morgan fingerprint density at radius 2 is 2.29 bits per heavy atom. The molecule has 0 bridgehead atoms. The minimum atomic E-state index is -0.510. The number of furan rings is 1. The van der Waals surface area contributed by atoms with E-state index in [0.717, 1.165) is 38.8 Å². The number of unbranched alkanes of at least 4 members (excludes halogenated alkanes) is 2. The van der Waals surface area contributed by atoms with Crippen molar-refractivity contribution in [3.05, 3.63) is 24.2 Å². The Hall–Kier alpha value is -1.31. The highest BCUT2D eigenvalue weighted by atomic mass is 16.4. The highest BCUT2D eigenvalue weighted by molar-refractivity contribution is 5.02. The molecule has 1 saturated heterocycles. The fraction of sp³-hybridized carbons (Fsp3) is 0.706. The standard InChI is InChI=1S/C17H26N2O2/c18-10-4-2-6-12-19-11-5-1-3-8-15(19)14-16(20)17-9-7-13-21-17/h7,9,13,15-16,20H,1-6,8,11-12,14H2. The van der Waals surface area contributed by atoms with Gasteiger partial charge in [-0.3, -0.25) is 0 Å². The van der Waals surface area contributed by atoms with Crippen LogP contribution in [0, 0.1) is 11.3 Å². The first-order chi connectivity index (χ1) is 10.3. The van der Waals surface area contributed by atoms with Crippen LogP contribution in [0.15, 0.2) is 22.8 Å². The van der Waals surface area contributed by atoms with Crippen LogP contribution in [0.25, 0.3) is 0 Å². The predicted molar refractivity (Wildman–Crippen MR) is 81.6 cm³/mol. The van der Waals surface area contributed by atoms with Gasteiger partial charge in [-0.1, -0.05) is 12.8 Å². The molecule has 1 N–H and O–H groups in total. The molecule has 21 heavy (non-hydrogen) atoms. The van der Waals surface area contributed by atoms with Crippen molar-refractivity contribution in [2.45, 2.75) is 63.5 Å². The molecule has 1 aliphatic heterocycles. The normalized spacial score (nSPS) is 21.6. The Kier molecular flexibility index (Phi) is 6.78. The molecule has 1 aromatic rings. The van der Waals surface area contributed by atoms with Crippen LogP contribution >= 0.6 is 0 Å². The molecule has 0 radical (unpaired) electrons. The van der Waals surface area contributed by atoms with Gasteiger partial charge in [-0.15, -0.1) is 0 Å². The number of aliphatic hydroxyl groups excluding tert-OH is 1. The summed E-state index contributed by atoms with van der Waals surface area (Å²) >= 11 is 0. The van der Waals surface area contributed by atoms with Crippen molar-refractivity contribution in [2.24, 2.45) is 0 Å². The Morgan fingerprint density at radius 3 is 3.05 bits per heavy atom. The van der Waals surface area contributed by atoms with Gasteiger partial charge in [-0.25, -0.2) is 0 Å². The van der Waals surface area contributed by atoms with E-state index in [1.165, 1.54) is 19.3 Å². The quantitative estimate of drug-likeness (QED) is 0.779. The molecule has 116 valence electrons. The molecule has 2 heterocycles. The van der Waals surface area contributed by atoms with Crippen molar-refractivity contribution in [3.63, 3.8) is 0 Å². The van der Waals surface area contributed by atoms with Gasteiger partial charge in [0.15, 0.2) is 0 Å². The molecule has 2 atom stereocenters. The SMILES string of the molecule is N#CCCCCN1CCCCCC1CC(O)c1ccco1. The van der Waals surface area contributed by atoms with Gasteiger partial charge in [0.05, 0.1) is 12.3 Å². The first-order valence-corrected chi connectivity index (χ1v) is 8.13. The van der Waals surface area contributed by atoms with Crippen LogP contribution in [0.2, 0.25) is 0 Å². The molecular weight excluding hydrogens is 264 g/mol. The lowest BCUT2D eigenvalue weighted by Crippen LogP contribution is -2.36. The summed E-state index contributed by atoms with van der Waals surface area (Å²) in [5.41, 5.74) is 0. The van der Waals surface area contributed by atoms with Gasteiger partial charge < -0.3 is 14.4 Å². The van der Waals surface area contributed by atoms with Crippen LogP contribution < -0.4 is 0 Å². The topological polar surface area (TPSA) is 60.4 Å². The number of rotatable bonds is 7. The number of aliphatic hydroxyl groups is 1. The highest BCUT2D eigenvalue weighted by Gasteiger charge is 2.24. The minimum absolute atomic E-state index is 0.426. The molecule has 0 amide bonds. The van der Waals surface area contributed by atoms with E-state index in [1.807, 2.05) is 12.1 Å². The third kappa shape index (κ3) is 5.18. The zero-order valence-electron chi connectivity index (χ0n) is 12.7. The third-order valence-corrected chi connectivity index (χ3v) is 4.35. The maximum absolute atomic E-state index is 10.3. The molecule has 4 heteroatoms. The Balaban J connectivity index is 1.87. The van der Waals surface area contributed by atoms with Crippen LogP contribution in [-0.2, 0) is 0 Å². The van der Waals surface area contributed by atoms with Crippen LogP contribution in [0.5, 0.6) is 0 Å². The Bertz CT molecular complexity index is 424. The van der Waals surface area contributed by atoms with E-state index in [2.05, 4.69) is 11.0 Å². The Labute approximate surface area is 127 Å². The number of hydrogen-bond donors (Lipinski definition) is 1. The average Bonchev–Trinajstić information content (AvgIpc) is 2.94. The van der Waals surface area contributed by atoms with Gasteiger partial charge in [0.2, 0.25) is 0 Å². The zero-order chi connectivity index (χ0) is 14.9. The summed E-state index contributed by atoms with van der Waals surface area (Å²) in [6, 6.07) is 6.31. The second-order valence-electron chi connectivity index (χ2n) is 5.92. The number of likely N-dealkylation sites (tertiary alicyclic amines) is 1. The summed E-state index contributed by atoms with van der Waals surface area (Å²) in [6.07, 6.45) is 9.45. The van der Waals surface area contributed by atoms with Gasteiger partial charge in [-0.2, -0.15) is 5.26 Å². The van der Waals surface area contributed by atoms with Gasteiger partial charge in [-0.05, 0) is 57.3 Å². The Morgan fingerprint density at radius 1 is 1.38 bits per heavy atom. The lowest BCUT2D eigenvalue weighted by Gasteiger charge is -2.31. The molecule has 0 saturated carbocycles. The summed E-state index contributed by atoms with van der Waals surface area (Å²) in [6.45, 7) is 2.15. The minimum Gasteiger partial charge on any atom is -0.467 e. The van der Waals surface area contributed by atoms with Gasteiger partial charge in [0, 0.05) is 12.5 Å². The van der Waals surface area contributed by atoms with E-state index in [0.29, 0.717) is 18.2 Å². The second-order valence-corrected chi connectivity index (χ2v) is 5.92. The van der Waals surface area contributed by atoms with E-state index in [9.17, 15) is 5.11 Å². The fourth-order valence-electron chi connectivity index (χ4n) is 3.17. The summed E-state index contributed by atoms with van der Waals surface area (Å²) in [7, 11) is 0. The average molecular weight is 290 g/mol. The lowest BCUT2D eigenvalue weighted by atomic mass is 10.0. The molecule has 2 rings (SSSR count). The summed E-state index contributed by atoms with van der Waals surface area (Å²) in [5.74, 6) is 0.670. The first kappa shape index (κ1) is 16.1. The summed E-state index contributed by atoms with van der Waals surface area (Å²) in [4.78, 5) is 2.51. The molecule has 1 aliphatic rings. The van der Waals surface area contributed by atoms with Crippen molar-refractivity contribution in [3.8, 4) is 6.07 Å². The van der Waals surface area contributed by atoms with E-state index in [-0.39, 0.29) is 0 Å². The highest BCUT2D eigenvalue weighted by Crippen LogP contribution is 2.26. The maximum Gasteiger partial charge on any atom is 0.132 e. The van der Waals surface area contributed by atoms with Crippen LogP contribution in [0.1, 0.15) is 63.2 Å². The van der Waals surface area contributed by atoms with Gasteiger partial charge in [0.25, 0.3) is 0 Å². The van der Waals surface area contributed by atoms with E-state index in [4.69, 9.17) is 9.68 Å². The van der Waals surface area contributed by atoms with Crippen molar-refractivity contribution < 1.29 is 9.52 Å². The first-order valence-electron chi connectivity index (χ1n) is 8.13. The van der Waals surface area contributed by atoms with E-state index in [1.54, 1.807) is 6.26 Å². The summed E-state index contributed by atoms with van der Waals surface area (Å²) < 4.78 is 5.31. The van der Waals surface area contributed by atoms with Crippen LogP contribution in [0.4, 0.5) is 0 Å². The molecular formula is C17H26N2O2. The third-order valence-electron chi connectivity index (χ3n) is 4.35. The molecule has 1 fully saturated rings. The number of hydrogen-bond acceptors (Lipinski definition) is 4. The number of nitriles is 1. The van der Waals surface area contributed by atoms with Crippen molar-refractivity contribution in [1.82, 2.24) is 4.90 Å². The molecule has 0 spiro atoms. The molecule has 0 aliphatic carbocycles. The lowest BCUT2D eigenvalue weighted by molar-refractivity contribution is 0.0855. The van der Waals surface area contributed by atoms with Crippen LogP contribution in [0.3, 0.4) is 0 Å². The largest absolute Gasteiger partial charge is 0.467 e. The van der Waals surface area contributed by atoms with Crippen molar-refractivity contribution in [2.75, 3.05) is 13.1 Å². The second kappa shape index (κ2) is 8.86. The molecule has 2 unspecified atom stereocenters.